The Balaban J connectivity index is 0.000000587. The van der Waals surface area contributed by atoms with Crippen LogP contribution in [0, 0.1) is 5.92 Å². The molecule has 2 aromatic rings. The quantitative estimate of drug-likeness (QED) is 0.339. The Bertz CT molecular complexity index is 1250. The van der Waals surface area contributed by atoms with Crippen molar-refractivity contribution >= 4 is 23.7 Å². The van der Waals surface area contributed by atoms with E-state index in [9.17, 15) is 27.9 Å². The predicted molar refractivity (Wildman–Crippen MR) is 149 cm³/mol. The van der Waals surface area contributed by atoms with E-state index in [0.717, 1.165) is 60.2 Å². The highest BCUT2D eigenvalue weighted by atomic mass is 19.4. The molecule has 1 amide bonds. The van der Waals surface area contributed by atoms with Crippen molar-refractivity contribution in [2.75, 3.05) is 0 Å². The van der Waals surface area contributed by atoms with Gasteiger partial charge in [-0.15, -0.1) is 0 Å². The van der Waals surface area contributed by atoms with Crippen molar-refractivity contribution in [2.45, 2.75) is 89.9 Å². The fourth-order valence-corrected chi connectivity index (χ4v) is 5.48. The van der Waals surface area contributed by atoms with Crippen molar-refractivity contribution in [1.29, 1.82) is 0 Å². The molecule has 2 N–H and O–H groups in total. The summed E-state index contributed by atoms with van der Waals surface area (Å²) in [6, 6.07) is 15.8. The van der Waals surface area contributed by atoms with E-state index in [4.69, 9.17) is 14.9 Å². The molecule has 1 fully saturated rings. The minimum Gasteiger partial charge on any atom is -0.481 e. The van der Waals surface area contributed by atoms with Gasteiger partial charge in [-0.25, -0.2) is 4.79 Å². The van der Waals surface area contributed by atoms with E-state index in [2.05, 4.69) is 13.8 Å². The number of carboxylic acids is 2. The lowest BCUT2D eigenvalue weighted by molar-refractivity contribution is -0.192. The normalized spacial score (nSPS) is 19.4. The molecule has 222 valence electrons. The van der Waals surface area contributed by atoms with Gasteiger partial charge in [-0.3, -0.25) is 19.5 Å². The molecule has 1 unspecified atom stereocenters. The monoisotopic (exact) mass is 574 g/mol. The molecule has 0 bridgehead atoms. The van der Waals surface area contributed by atoms with Gasteiger partial charge >= 0.3 is 18.1 Å². The highest BCUT2D eigenvalue weighted by Crippen LogP contribution is 2.40. The van der Waals surface area contributed by atoms with Crippen LogP contribution in [-0.4, -0.2) is 50.5 Å². The minimum atomic E-state index is -5.08. The van der Waals surface area contributed by atoms with E-state index in [1.54, 1.807) is 0 Å². The molecule has 0 radical (unpaired) electrons. The Morgan fingerprint density at radius 1 is 1.02 bits per heavy atom. The molecule has 0 saturated heterocycles. The lowest BCUT2D eigenvalue weighted by atomic mass is 9.75. The zero-order valence-corrected chi connectivity index (χ0v) is 23.4. The molecule has 41 heavy (non-hydrogen) atoms. The number of alkyl halides is 3. The first-order valence-electron chi connectivity index (χ1n) is 14.0. The molecule has 4 rings (SSSR count). The topological polar surface area (TPSA) is 107 Å². The maximum atomic E-state index is 13.7. The number of hydrogen-bond acceptors (Lipinski definition) is 4. The van der Waals surface area contributed by atoms with Crippen molar-refractivity contribution in [3.05, 3.63) is 59.7 Å². The molecule has 1 saturated carbocycles. The lowest BCUT2D eigenvalue weighted by Crippen LogP contribution is -2.45. The number of nitrogens with zero attached hydrogens (tertiary/aromatic N) is 2. The number of unbranched alkanes of at least 4 members (excludes halogenated alkanes) is 1. The van der Waals surface area contributed by atoms with Gasteiger partial charge in [0.2, 0.25) is 0 Å². The van der Waals surface area contributed by atoms with E-state index < -0.39 is 23.7 Å². The average molecular weight is 575 g/mol. The number of amides is 1. The summed E-state index contributed by atoms with van der Waals surface area (Å²) in [5.74, 6) is -2.16. The van der Waals surface area contributed by atoms with E-state index in [1.165, 1.54) is 19.3 Å². The minimum absolute atomic E-state index is 0.00277. The highest BCUT2D eigenvalue weighted by Gasteiger charge is 2.49. The number of benzene rings is 2. The second-order valence-corrected chi connectivity index (χ2v) is 10.7. The van der Waals surface area contributed by atoms with E-state index >= 15 is 0 Å². The third kappa shape index (κ3) is 8.17. The van der Waals surface area contributed by atoms with Crippen LogP contribution in [0.25, 0.3) is 11.1 Å². The smallest absolute Gasteiger partial charge is 0.481 e. The third-order valence-corrected chi connectivity index (χ3v) is 7.71. The Morgan fingerprint density at radius 2 is 1.63 bits per heavy atom. The van der Waals surface area contributed by atoms with Gasteiger partial charge in [-0.2, -0.15) is 13.2 Å². The summed E-state index contributed by atoms with van der Waals surface area (Å²) in [6.07, 6.45) is 3.68. The largest absolute Gasteiger partial charge is 0.490 e. The van der Waals surface area contributed by atoms with Gasteiger partial charge in [-0.1, -0.05) is 81.1 Å². The van der Waals surface area contributed by atoms with E-state index in [1.807, 2.05) is 53.4 Å². The zero-order valence-electron chi connectivity index (χ0n) is 23.4. The number of aliphatic carboxylic acids is 2. The SMILES string of the molecule is CCCCC1=NC(C)(C2CCCCC2)C(=O)N1Cc1ccc(-c2ccccc2CC(=O)O)cc1.O=C(O)C(F)(F)F. The Hall–Kier alpha value is -3.69. The first kappa shape index (κ1) is 31.8. The fourth-order valence-electron chi connectivity index (χ4n) is 5.48. The first-order chi connectivity index (χ1) is 19.4. The molecule has 2 aromatic carbocycles. The molecule has 7 nitrogen and oxygen atoms in total. The van der Waals surface area contributed by atoms with Crippen LogP contribution < -0.4 is 0 Å². The molecule has 1 aliphatic heterocycles. The lowest BCUT2D eigenvalue weighted by Gasteiger charge is -2.33. The van der Waals surface area contributed by atoms with Crippen LogP contribution in [0.2, 0.25) is 0 Å². The van der Waals surface area contributed by atoms with Crippen molar-refractivity contribution in [3.63, 3.8) is 0 Å². The second-order valence-electron chi connectivity index (χ2n) is 10.7. The summed E-state index contributed by atoms with van der Waals surface area (Å²) >= 11 is 0. The van der Waals surface area contributed by atoms with Crippen LogP contribution in [0.3, 0.4) is 0 Å². The van der Waals surface area contributed by atoms with Crippen molar-refractivity contribution in [3.8, 4) is 11.1 Å². The number of rotatable bonds is 9. The maximum Gasteiger partial charge on any atom is 0.490 e. The molecule has 0 spiro atoms. The number of halogens is 3. The molecule has 1 atom stereocenters. The Kier molecular flexibility index (Phi) is 10.7. The summed E-state index contributed by atoms with van der Waals surface area (Å²) in [7, 11) is 0. The molecule has 10 heteroatoms. The molecule has 1 heterocycles. The molecular formula is C31H37F3N2O5. The van der Waals surface area contributed by atoms with Crippen LogP contribution >= 0.6 is 0 Å². The van der Waals surface area contributed by atoms with E-state index in [-0.39, 0.29) is 12.3 Å². The second kappa shape index (κ2) is 13.8. The van der Waals surface area contributed by atoms with Crippen molar-refractivity contribution in [2.24, 2.45) is 10.9 Å². The predicted octanol–water partition coefficient (Wildman–Crippen LogP) is 6.88. The van der Waals surface area contributed by atoms with Crippen molar-refractivity contribution < 1.29 is 37.8 Å². The van der Waals surface area contributed by atoms with Gasteiger partial charge in [0.15, 0.2) is 0 Å². The Labute approximate surface area is 238 Å². The zero-order chi connectivity index (χ0) is 30.2. The number of carbonyl (C=O) groups is 3. The molecule has 2 aliphatic rings. The van der Waals surface area contributed by atoms with Crippen LogP contribution in [0.15, 0.2) is 53.5 Å². The van der Waals surface area contributed by atoms with Gasteiger partial charge in [0.1, 0.15) is 11.4 Å². The van der Waals surface area contributed by atoms with Crippen LogP contribution in [0.5, 0.6) is 0 Å². The fraction of sp³-hybridized carbons (Fsp3) is 0.484. The van der Waals surface area contributed by atoms with E-state index in [0.29, 0.717) is 12.5 Å². The Morgan fingerprint density at radius 3 is 2.20 bits per heavy atom. The summed E-state index contributed by atoms with van der Waals surface area (Å²) in [5, 5.41) is 16.4. The molecule has 0 aromatic heterocycles. The standard InChI is InChI=1S/C29H36N2O3.C2HF3O2/c1-3-4-14-26-30-29(2,24-11-6-5-7-12-24)28(34)31(26)20-21-15-17-22(18-16-21)25-13-9-8-10-23(25)19-27(32)33;3-2(4,5)1(6)7/h8-10,13,15-18,24H,3-7,11-12,14,19-20H2,1-2H3,(H,32,33);(H,6,7). The third-order valence-electron chi connectivity index (χ3n) is 7.71. The van der Waals surface area contributed by atoms with Gasteiger partial charge in [0.25, 0.3) is 5.91 Å². The van der Waals surface area contributed by atoms with Gasteiger partial charge < -0.3 is 10.2 Å². The number of hydrogen-bond donors (Lipinski definition) is 2. The summed E-state index contributed by atoms with van der Waals surface area (Å²) in [5.41, 5.74) is 3.16. The highest BCUT2D eigenvalue weighted by molar-refractivity contribution is 6.08. The van der Waals surface area contributed by atoms with Gasteiger partial charge in [0, 0.05) is 6.42 Å². The number of carbonyl (C=O) groups excluding carboxylic acids is 1. The van der Waals surface area contributed by atoms with Crippen LogP contribution in [0.1, 0.15) is 76.3 Å². The summed E-state index contributed by atoms with van der Waals surface area (Å²) in [4.78, 5) is 40.9. The van der Waals surface area contributed by atoms with Crippen LogP contribution in [-0.2, 0) is 27.3 Å². The van der Waals surface area contributed by atoms with Gasteiger partial charge in [0.05, 0.1) is 13.0 Å². The number of aliphatic imine (C=N–C) groups is 1. The number of amidine groups is 1. The average Bonchev–Trinajstić information content (AvgIpc) is 3.18. The summed E-state index contributed by atoms with van der Waals surface area (Å²) < 4.78 is 31.7. The first-order valence-corrected chi connectivity index (χ1v) is 14.0. The molecular weight excluding hydrogens is 537 g/mol. The maximum absolute atomic E-state index is 13.7. The molecule has 1 aliphatic carbocycles. The van der Waals surface area contributed by atoms with Gasteiger partial charge in [-0.05, 0) is 54.4 Å². The number of carboxylic acid groups (broad SMARTS) is 2. The summed E-state index contributed by atoms with van der Waals surface area (Å²) in [6.45, 7) is 4.75. The van der Waals surface area contributed by atoms with Crippen molar-refractivity contribution in [1.82, 2.24) is 4.90 Å². The van der Waals surface area contributed by atoms with Crippen LogP contribution in [0.4, 0.5) is 13.2 Å².